The summed E-state index contributed by atoms with van der Waals surface area (Å²) in [4.78, 5) is 6.97. The minimum Gasteiger partial charge on any atom is -0.490 e. The van der Waals surface area contributed by atoms with Crippen LogP contribution in [0.1, 0.15) is 37.9 Å². The minimum absolute atomic E-state index is 0.170. The summed E-state index contributed by atoms with van der Waals surface area (Å²) in [7, 11) is 6.06. The number of nitrogens with one attached hydrogen (secondary N) is 2. The summed E-state index contributed by atoms with van der Waals surface area (Å²) in [6.07, 6.45) is 4.81. The second-order valence-electron chi connectivity index (χ2n) is 7.47. The molecule has 2 N–H and O–H groups in total. The SMILES string of the molecule is CCNC(=NCC(c1cnn(C)c1)N(C)C)NCCc1ccc(OCC)c(OCC)c1. The maximum Gasteiger partial charge on any atom is 0.191 e. The molecule has 8 heteroatoms. The molecule has 31 heavy (non-hydrogen) atoms. The third-order valence-electron chi connectivity index (χ3n) is 4.81. The summed E-state index contributed by atoms with van der Waals surface area (Å²) >= 11 is 0. The van der Waals surface area contributed by atoms with Gasteiger partial charge in [0, 0.05) is 31.9 Å². The zero-order valence-electron chi connectivity index (χ0n) is 19.8. The average molecular weight is 431 g/mol. The van der Waals surface area contributed by atoms with E-state index in [0.717, 1.165) is 42.5 Å². The fourth-order valence-electron chi connectivity index (χ4n) is 3.27. The fourth-order valence-corrected chi connectivity index (χ4v) is 3.27. The number of guanidine groups is 1. The van der Waals surface area contributed by atoms with Gasteiger partial charge in [-0.25, -0.2) is 0 Å². The van der Waals surface area contributed by atoms with Crippen LogP contribution in [0, 0.1) is 0 Å². The molecule has 0 bridgehead atoms. The molecule has 0 radical (unpaired) electrons. The molecule has 1 heterocycles. The Hall–Kier alpha value is -2.74. The second kappa shape index (κ2) is 12.8. The number of aromatic nitrogens is 2. The molecule has 1 aromatic heterocycles. The number of likely N-dealkylation sites (N-methyl/N-ethyl adjacent to an activating group) is 1. The van der Waals surface area contributed by atoms with Gasteiger partial charge in [0.25, 0.3) is 0 Å². The molecule has 0 saturated heterocycles. The number of hydrogen-bond acceptors (Lipinski definition) is 5. The van der Waals surface area contributed by atoms with E-state index in [1.54, 1.807) is 0 Å². The molecule has 2 rings (SSSR count). The van der Waals surface area contributed by atoms with E-state index in [-0.39, 0.29) is 6.04 Å². The molecule has 2 aromatic rings. The number of aryl methyl sites for hydroxylation is 1. The highest BCUT2D eigenvalue weighted by Crippen LogP contribution is 2.28. The van der Waals surface area contributed by atoms with Gasteiger partial charge in [0.2, 0.25) is 0 Å². The van der Waals surface area contributed by atoms with Crippen LogP contribution in [0.4, 0.5) is 0 Å². The third-order valence-corrected chi connectivity index (χ3v) is 4.81. The Labute approximate surface area is 186 Å². The first-order valence-corrected chi connectivity index (χ1v) is 11.0. The number of nitrogens with zero attached hydrogens (tertiary/aromatic N) is 4. The number of ether oxygens (including phenoxy) is 2. The van der Waals surface area contributed by atoms with Gasteiger partial charge in [-0.1, -0.05) is 6.07 Å². The molecule has 1 unspecified atom stereocenters. The van der Waals surface area contributed by atoms with E-state index in [9.17, 15) is 0 Å². The molecule has 0 fully saturated rings. The number of rotatable bonds is 12. The van der Waals surface area contributed by atoms with Gasteiger partial charge >= 0.3 is 0 Å². The summed E-state index contributed by atoms with van der Waals surface area (Å²) < 4.78 is 13.2. The van der Waals surface area contributed by atoms with Gasteiger partial charge in [0.15, 0.2) is 17.5 Å². The van der Waals surface area contributed by atoms with Crippen LogP contribution in [0.5, 0.6) is 11.5 Å². The van der Waals surface area contributed by atoms with Crippen LogP contribution >= 0.6 is 0 Å². The molecule has 0 amide bonds. The van der Waals surface area contributed by atoms with Gasteiger partial charge in [0.1, 0.15) is 0 Å². The normalized spacial score (nSPS) is 12.7. The van der Waals surface area contributed by atoms with Crippen LogP contribution < -0.4 is 20.1 Å². The Kier molecular flexibility index (Phi) is 10.2. The van der Waals surface area contributed by atoms with Crippen molar-refractivity contribution in [1.82, 2.24) is 25.3 Å². The molecule has 0 aliphatic carbocycles. The quantitative estimate of drug-likeness (QED) is 0.398. The van der Waals surface area contributed by atoms with E-state index in [2.05, 4.69) is 53.8 Å². The van der Waals surface area contributed by atoms with Crippen molar-refractivity contribution in [3.8, 4) is 11.5 Å². The Balaban J connectivity index is 1.99. The molecular weight excluding hydrogens is 392 g/mol. The fraction of sp³-hybridized carbons (Fsp3) is 0.565. The molecular formula is C23H38N6O2. The lowest BCUT2D eigenvalue weighted by Crippen LogP contribution is -2.39. The zero-order chi connectivity index (χ0) is 22.6. The molecule has 0 spiro atoms. The summed E-state index contributed by atoms with van der Waals surface area (Å²) in [6, 6.07) is 6.30. The molecule has 8 nitrogen and oxygen atoms in total. The van der Waals surface area contributed by atoms with Crippen molar-refractivity contribution < 1.29 is 9.47 Å². The van der Waals surface area contributed by atoms with Crippen molar-refractivity contribution in [2.45, 2.75) is 33.2 Å². The largest absolute Gasteiger partial charge is 0.490 e. The van der Waals surface area contributed by atoms with Crippen molar-refractivity contribution in [2.75, 3.05) is 46.9 Å². The Morgan fingerprint density at radius 3 is 2.48 bits per heavy atom. The van der Waals surface area contributed by atoms with Crippen LogP contribution in [0.15, 0.2) is 35.6 Å². The van der Waals surface area contributed by atoms with E-state index in [0.29, 0.717) is 19.8 Å². The maximum absolute atomic E-state index is 5.73. The van der Waals surface area contributed by atoms with Crippen molar-refractivity contribution in [3.05, 3.63) is 41.7 Å². The molecule has 172 valence electrons. The van der Waals surface area contributed by atoms with Gasteiger partial charge in [-0.05, 0) is 59.0 Å². The minimum atomic E-state index is 0.170. The number of aliphatic imine (C=N–C) groups is 1. The van der Waals surface area contributed by atoms with Crippen LogP contribution in [0.2, 0.25) is 0 Å². The monoisotopic (exact) mass is 430 g/mol. The van der Waals surface area contributed by atoms with Crippen molar-refractivity contribution >= 4 is 5.96 Å². The highest BCUT2D eigenvalue weighted by molar-refractivity contribution is 5.79. The molecule has 1 atom stereocenters. The topological polar surface area (TPSA) is 75.9 Å². The van der Waals surface area contributed by atoms with Gasteiger partial charge in [0.05, 0.1) is 32.0 Å². The van der Waals surface area contributed by atoms with Gasteiger partial charge in [-0.3, -0.25) is 9.67 Å². The van der Waals surface area contributed by atoms with E-state index in [4.69, 9.17) is 14.5 Å². The van der Waals surface area contributed by atoms with Crippen LogP contribution in [0.3, 0.4) is 0 Å². The molecule has 0 aliphatic rings. The first kappa shape index (κ1) is 24.5. The summed E-state index contributed by atoms with van der Waals surface area (Å²) in [5.74, 6) is 2.41. The van der Waals surface area contributed by atoms with Gasteiger partial charge in [-0.15, -0.1) is 0 Å². The summed E-state index contributed by atoms with van der Waals surface area (Å²) in [6.45, 7) is 9.49. The van der Waals surface area contributed by atoms with Crippen molar-refractivity contribution in [1.29, 1.82) is 0 Å². The van der Waals surface area contributed by atoms with E-state index < -0.39 is 0 Å². The zero-order valence-corrected chi connectivity index (χ0v) is 19.8. The highest BCUT2D eigenvalue weighted by atomic mass is 16.5. The highest BCUT2D eigenvalue weighted by Gasteiger charge is 2.15. The number of benzene rings is 1. The van der Waals surface area contributed by atoms with Gasteiger partial charge in [-0.2, -0.15) is 5.10 Å². The predicted molar refractivity (Wildman–Crippen MR) is 126 cm³/mol. The Morgan fingerprint density at radius 2 is 1.87 bits per heavy atom. The van der Waals surface area contributed by atoms with Crippen LogP contribution in [-0.2, 0) is 13.5 Å². The van der Waals surface area contributed by atoms with Crippen molar-refractivity contribution in [3.63, 3.8) is 0 Å². The third kappa shape index (κ3) is 7.79. The van der Waals surface area contributed by atoms with E-state index >= 15 is 0 Å². The molecule has 0 saturated carbocycles. The second-order valence-corrected chi connectivity index (χ2v) is 7.47. The van der Waals surface area contributed by atoms with Crippen molar-refractivity contribution in [2.24, 2.45) is 12.0 Å². The first-order chi connectivity index (χ1) is 15.0. The molecule has 1 aromatic carbocycles. The smallest absolute Gasteiger partial charge is 0.191 e. The van der Waals surface area contributed by atoms with Gasteiger partial charge < -0.3 is 25.0 Å². The lowest BCUT2D eigenvalue weighted by atomic mass is 10.1. The summed E-state index contributed by atoms with van der Waals surface area (Å²) in [5, 5.41) is 11.1. The Bertz CT molecular complexity index is 818. The summed E-state index contributed by atoms with van der Waals surface area (Å²) in [5.41, 5.74) is 2.35. The predicted octanol–water partition coefficient (Wildman–Crippen LogP) is 2.62. The first-order valence-electron chi connectivity index (χ1n) is 11.0. The average Bonchev–Trinajstić information content (AvgIpc) is 3.16. The van der Waals surface area contributed by atoms with Crippen LogP contribution in [-0.4, -0.2) is 67.6 Å². The lowest BCUT2D eigenvalue weighted by Gasteiger charge is -2.22. The molecule has 0 aliphatic heterocycles. The Morgan fingerprint density at radius 1 is 1.13 bits per heavy atom. The van der Waals surface area contributed by atoms with Crippen LogP contribution in [0.25, 0.3) is 0 Å². The number of hydrogen-bond donors (Lipinski definition) is 2. The standard InChI is InChI=1S/C23H38N6O2/c1-7-24-23(26-16-20(28(4)5)19-15-27-29(6)17-19)25-13-12-18-10-11-21(30-8-2)22(14-18)31-9-3/h10-11,14-15,17,20H,7-9,12-13,16H2,1-6H3,(H2,24,25,26). The lowest BCUT2D eigenvalue weighted by molar-refractivity contribution is 0.287. The van der Waals surface area contributed by atoms with E-state index in [1.165, 1.54) is 5.56 Å². The van der Waals surface area contributed by atoms with E-state index in [1.807, 2.05) is 44.0 Å². The maximum atomic E-state index is 5.73.